The van der Waals surface area contributed by atoms with Crippen molar-refractivity contribution in [1.29, 1.82) is 0 Å². The Hall–Kier alpha value is 4.38. The molecule has 0 N–H and O–H groups in total. The lowest BCUT2D eigenvalue weighted by Crippen LogP contribution is -2.24. The summed E-state index contributed by atoms with van der Waals surface area (Å²) < 4.78 is 5.63. The summed E-state index contributed by atoms with van der Waals surface area (Å²) in [6, 6.07) is 0. The Labute approximate surface area is 367 Å². The second-order valence-electron chi connectivity index (χ2n) is 17.7. The molecule has 6 aliphatic carbocycles. The van der Waals surface area contributed by atoms with Crippen molar-refractivity contribution in [2.45, 2.75) is 178 Å². The maximum Gasteiger partial charge on any atom is 0.0115 e. The Morgan fingerprint density at radius 3 is 0.565 bits per heavy atom. The van der Waals surface area contributed by atoms with E-state index in [-0.39, 0.29) is 0 Å². The first-order valence-corrected chi connectivity index (χ1v) is 27.5. The average Bonchev–Trinajstić information content (AvgIpc) is 3.51. The number of hydrogen-bond donors (Lipinski definition) is 0. The normalized spacial score (nSPS) is 50.5. The van der Waals surface area contributed by atoms with E-state index >= 15 is 0 Å². The van der Waals surface area contributed by atoms with Crippen LogP contribution in [0.1, 0.15) is 154 Å². The van der Waals surface area contributed by atoms with Crippen LogP contribution in [0, 0.1) is 59.2 Å². The molecule has 6 fully saturated rings. The van der Waals surface area contributed by atoms with E-state index in [0.29, 0.717) is 0 Å². The molecule has 6 aliphatic rings. The van der Waals surface area contributed by atoms with Crippen LogP contribution in [0.2, 0.25) is 0 Å². The molecule has 0 aromatic carbocycles. The van der Waals surface area contributed by atoms with Crippen LogP contribution < -0.4 is 0 Å². The summed E-state index contributed by atoms with van der Waals surface area (Å²) in [6.07, 6.45) is 36.9. The molecule has 0 amide bonds. The van der Waals surface area contributed by atoms with Crippen molar-refractivity contribution in [1.82, 2.24) is 0 Å². The lowest BCUT2D eigenvalue weighted by atomic mass is 9.75. The topological polar surface area (TPSA) is 0 Å². The van der Waals surface area contributed by atoms with Gasteiger partial charge in [-0.15, -0.1) is 0 Å². The predicted molar refractivity (Wildman–Crippen MR) is 253 cm³/mol. The fourth-order valence-corrected chi connectivity index (χ4v) is 19.7. The Morgan fingerprint density at radius 2 is 0.370 bits per heavy atom. The summed E-state index contributed by atoms with van der Waals surface area (Å²) in [4.78, 5) is 0. The first-order chi connectivity index (χ1) is 22.2. The lowest BCUT2D eigenvalue weighted by molar-refractivity contribution is 0.216. The van der Waals surface area contributed by atoms with Crippen molar-refractivity contribution < 1.29 is 0 Å². The maximum absolute atomic E-state index is 2.94. The van der Waals surface area contributed by atoms with Crippen LogP contribution in [0.15, 0.2) is 0 Å². The summed E-state index contributed by atoms with van der Waals surface area (Å²) >= 11 is 17.2. The van der Waals surface area contributed by atoms with E-state index in [1.807, 2.05) is 0 Å². The Balaban J connectivity index is 1.01. The third kappa shape index (κ3) is 11.7. The van der Waals surface area contributed by atoms with E-state index in [1.165, 1.54) is 89.9 Å². The summed E-state index contributed by atoms with van der Waals surface area (Å²) in [5.74, 6) is 10.3. The van der Waals surface area contributed by atoms with E-state index in [9.17, 15) is 0 Å². The third-order valence-electron chi connectivity index (χ3n) is 14.7. The quantitative estimate of drug-likeness (QED) is 0.146. The SMILES string of the molecule is IC1CCCC(C2CCC(C3CCC(C4CCC(C5CCC(C6CCCC(I)C6)CC(I)C5)CC(I)C4)CC(I)C3)CC(I)C2)C1. The van der Waals surface area contributed by atoms with Gasteiger partial charge in [-0.2, -0.15) is 0 Å². The lowest BCUT2D eigenvalue weighted by Gasteiger charge is -2.33. The molecule has 6 heteroatoms. The van der Waals surface area contributed by atoms with Crippen LogP contribution in [0.5, 0.6) is 0 Å². The number of rotatable bonds is 5. The minimum absolute atomic E-state index is 0.923. The Kier molecular flexibility index (Phi) is 17.3. The first-order valence-electron chi connectivity index (χ1n) is 20.0. The second-order valence-corrected chi connectivity index (χ2v) is 28.3. The van der Waals surface area contributed by atoms with E-state index in [1.54, 1.807) is 64.2 Å². The monoisotopic (exact) mass is 1310 g/mol. The zero-order valence-corrected chi connectivity index (χ0v) is 41.4. The zero-order valence-electron chi connectivity index (χ0n) is 28.5. The fourth-order valence-electron chi connectivity index (χ4n) is 12.3. The molecule has 16 atom stereocenters. The van der Waals surface area contributed by atoms with Crippen LogP contribution in [0.3, 0.4) is 0 Å². The van der Waals surface area contributed by atoms with Crippen LogP contribution in [0.4, 0.5) is 0 Å². The Morgan fingerprint density at radius 1 is 0.196 bits per heavy atom. The zero-order chi connectivity index (χ0) is 32.2. The summed E-state index contributed by atoms with van der Waals surface area (Å²) in [7, 11) is 0. The molecule has 0 spiro atoms. The van der Waals surface area contributed by atoms with Gasteiger partial charge in [0, 0.05) is 23.5 Å². The van der Waals surface area contributed by atoms with Gasteiger partial charge in [0.25, 0.3) is 0 Å². The number of alkyl halides is 6. The van der Waals surface area contributed by atoms with Gasteiger partial charge in [0.1, 0.15) is 0 Å². The van der Waals surface area contributed by atoms with Gasteiger partial charge >= 0.3 is 0 Å². The van der Waals surface area contributed by atoms with Crippen molar-refractivity contribution >= 4 is 136 Å². The second kappa shape index (κ2) is 19.8. The van der Waals surface area contributed by atoms with Crippen molar-refractivity contribution in [2.75, 3.05) is 0 Å². The minimum Gasteiger partial charge on any atom is -0.0826 e. The minimum atomic E-state index is 0.923. The largest absolute Gasteiger partial charge is 0.0826 e. The highest BCUT2D eigenvalue weighted by Gasteiger charge is 2.40. The summed E-state index contributed by atoms with van der Waals surface area (Å²) in [5, 5.41) is 0. The van der Waals surface area contributed by atoms with Gasteiger partial charge < -0.3 is 0 Å². The highest BCUT2D eigenvalue weighted by Crippen LogP contribution is 2.51. The Bertz CT molecular complexity index is 842. The molecule has 0 bridgehead atoms. The molecular weight excluding hydrogens is 1240 g/mol. The first kappa shape index (κ1) is 40.1. The van der Waals surface area contributed by atoms with Gasteiger partial charge in [0.05, 0.1) is 0 Å². The van der Waals surface area contributed by atoms with E-state index in [0.717, 1.165) is 82.7 Å². The molecule has 16 unspecified atom stereocenters. The predicted octanol–water partition coefficient (Wildman–Crippen LogP) is 15.4. The molecule has 0 aromatic heterocycles. The fraction of sp³-hybridized carbons (Fsp3) is 1.00. The number of hydrogen-bond acceptors (Lipinski definition) is 0. The third-order valence-corrected chi connectivity index (χ3v) is 21.1. The van der Waals surface area contributed by atoms with Crippen molar-refractivity contribution in [3.63, 3.8) is 0 Å². The number of halogens is 6. The molecule has 0 heterocycles. The van der Waals surface area contributed by atoms with Crippen molar-refractivity contribution in [2.24, 2.45) is 59.2 Å². The highest BCUT2D eigenvalue weighted by atomic mass is 127. The molecule has 0 aliphatic heterocycles. The summed E-state index contributed by atoms with van der Waals surface area (Å²) in [5.41, 5.74) is 0. The van der Waals surface area contributed by atoms with E-state index in [4.69, 9.17) is 0 Å². The molecule has 0 nitrogen and oxygen atoms in total. The van der Waals surface area contributed by atoms with Gasteiger partial charge in [-0.25, -0.2) is 0 Å². The standard InChI is InChI=1S/C40H64I6/c41-35-5-1-3-25(15-35)27-7-9-29(19-37(43)17-27)31-11-13-33(23-39(45)21-31)34-14-12-32(22-40(46)24-34)30-10-8-28(18-38(44)20-30)26-4-2-6-36(42)16-26/h25-40H,1-24H2. The van der Waals surface area contributed by atoms with Gasteiger partial charge in [0.15, 0.2) is 0 Å². The highest BCUT2D eigenvalue weighted by molar-refractivity contribution is 14.1. The smallest absolute Gasteiger partial charge is 0.0115 e. The molecule has 0 aromatic rings. The van der Waals surface area contributed by atoms with Crippen LogP contribution in [-0.2, 0) is 0 Å². The molecule has 46 heavy (non-hydrogen) atoms. The van der Waals surface area contributed by atoms with Crippen LogP contribution in [0.25, 0.3) is 0 Å². The van der Waals surface area contributed by atoms with Gasteiger partial charge in [-0.1, -0.05) is 161 Å². The molecule has 266 valence electrons. The van der Waals surface area contributed by atoms with Crippen LogP contribution >= 0.6 is 136 Å². The van der Waals surface area contributed by atoms with E-state index < -0.39 is 0 Å². The van der Waals surface area contributed by atoms with Gasteiger partial charge in [0.2, 0.25) is 0 Å². The molecule has 0 saturated heterocycles. The van der Waals surface area contributed by atoms with Crippen molar-refractivity contribution in [3.05, 3.63) is 0 Å². The van der Waals surface area contributed by atoms with Gasteiger partial charge in [-0.3, -0.25) is 0 Å². The maximum atomic E-state index is 2.94. The molecular formula is C40H64I6. The molecule has 6 rings (SSSR count). The molecule has 0 radical (unpaired) electrons. The summed E-state index contributed by atoms with van der Waals surface area (Å²) in [6.45, 7) is 0. The van der Waals surface area contributed by atoms with Gasteiger partial charge in [-0.05, 0) is 188 Å². The average molecular weight is 1310 g/mol. The van der Waals surface area contributed by atoms with E-state index in [2.05, 4.69) is 136 Å². The van der Waals surface area contributed by atoms with Crippen molar-refractivity contribution in [3.8, 4) is 0 Å². The van der Waals surface area contributed by atoms with Crippen LogP contribution in [-0.4, -0.2) is 23.5 Å². The molecule has 6 saturated carbocycles.